The second kappa shape index (κ2) is 7.77. The molecule has 2 N–H and O–H groups in total. The molecule has 4 aliphatic heterocycles. The lowest BCUT2D eigenvalue weighted by Crippen LogP contribution is -2.54. The third-order valence-electron chi connectivity index (χ3n) is 7.88. The Hall–Kier alpha value is -3.52. The van der Waals surface area contributed by atoms with Crippen LogP contribution in [0.5, 0.6) is 0 Å². The number of rotatable bonds is 3. The second-order valence-electron chi connectivity index (χ2n) is 9.74. The highest BCUT2D eigenvalue weighted by atomic mass is 16.2. The molecule has 4 amide bonds. The molecule has 0 aromatic heterocycles. The van der Waals surface area contributed by atoms with Gasteiger partial charge < -0.3 is 5.32 Å². The van der Waals surface area contributed by atoms with Crippen LogP contribution in [0.3, 0.4) is 0 Å². The van der Waals surface area contributed by atoms with Gasteiger partial charge in [0.05, 0.1) is 11.1 Å². The maximum absolute atomic E-state index is 13.4. The van der Waals surface area contributed by atoms with Gasteiger partial charge in [-0.25, -0.2) is 0 Å². The van der Waals surface area contributed by atoms with Gasteiger partial charge in [0.1, 0.15) is 6.04 Å². The first kappa shape index (κ1) is 21.0. The number of carbonyl (C=O) groups excluding carboxylic acids is 4. The number of benzene rings is 2. The van der Waals surface area contributed by atoms with E-state index in [4.69, 9.17) is 0 Å². The number of anilines is 1. The molecule has 2 aromatic rings. The van der Waals surface area contributed by atoms with Gasteiger partial charge in [0.25, 0.3) is 11.8 Å². The van der Waals surface area contributed by atoms with Crippen LogP contribution in [0.15, 0.2) is 42.5 Å². The fourth-order valence-corrected chi connectivity index (χ4v) is 6.00. The summed E-state index contributed by atoms with van der Waals surface area (Å²) in [5.41, 5.74) is 4.33. The van der Waals surface area contributed by atoms with E-state index in [1.54, 1.807) is 12.1 Å². The number of hydrogen-bond acceptors (Lipinski definition) is 6. The topological polar surface area (TPSA) is 98.8 Å². The molecule has 8 nitrogen and oxygen atoms in total. The Bertz CT molecular complexity index is 1230. The van der Waals surface area contributed by atoms with Gasteiger partial charge in [0.15, 0.2) is 0 Å². The number of para-hydroxylation sites is 1. The number of likely N-dealkylation sites (tertiary alicyclic amines) is 1. The third-order valence-corrected chi connectivity index (χ3v) is 7.88. The summed E-state index contributed by atoms with van der Waals surface area (Å²) in [6.07, 6.45) is 2.34. The van der Waals surface area contributed by atoms with Crippen molar-refractivity contribution < 1.29 is 19.2 Å². The minimum atomic E-state index is -0.942. The van der Waals surface area contributed by atoms with Crippen molar-refractivity contribution in [1.29, 1.82) is 0 Å². The molecule has 6 rings (SSSR count). The molecule has 1 spiro atoms. The van der Waals surface area contributed by atoms with Gasteiger partial charge in [0.2, 0.25) is 11.8 Å². The van der Waals surface area contributed by atoms with Gasteiger partial charge in [-0.15, -0.1) is 0 Å². The molecule has 0 saturated carbocycles. The lowest BCUT2D eigenvalue weighted by molar-refractivity contribution is -0.136. The number of hydrogen-bond donors (Lipinski definition) is 2. The summed E-state index contributed by atoms with van der Waals surface area (Å²) in [5, 5.41) is 5.80. The summed E-state index contributed by atoms with van der Waals surface area (Å²) < 4.78 is 0. The van der Waals surface area contributed by atoms with Crippen molar-refractivity contribution in [2.75, 3.05) is 25.0 Å². The maximum Gasteiger partial charge on any atom is 0.262 e. The average Bonchev–Trinajstić information content (AvgIpc) is 3.32. The predicted octanol–water partition coefficient (Wildman–Crippen LogP) is 2.05. The Morgan fingerprint density at radius 2 is 1.74 bits per heavy atom. The van der Waals surface area contributed by atoms with Gasteiger partial charge >= 0.3 is 0 Å². The number of imide groups is 2. The fourth-order valence-electron chi connectivity index (χ4n) is 6.00. The van der Waals surface area contributed by atoms with E-state index >= 15 is 0 Å². The molecule has 4 aliphatic rings. The van der Waals surface area contributed by atoms with E-state index < -0.39 is 23.8 Å². The van der Waals surface area contributed by atoms with E-state index in [9.17, 15) is 19.2 Å². The quantitative estimate of drug-likeness (QED) is 0.683. The van der Waals surface area contributed by atoms with Crippen molar-refractivity contribution in [3.63, 3.8) is 0 Å². The molecule has 2 saturated heterocycles. The van der Waals surface area contributed by atoms with Crippen LogP contribution in [0, 0.1) is 0 Å². The summed E-state index contributed by atoms with van der Waals surface area (Å²) in [5.74, 6) is -1.85. The van der Waals surface area contributed by atoms with E-state index in [1.807, 2.05) is 6.07 Å². The van der Waals surface area contributed by atoms with E-state index in [1.165, 1.54) is 11.3 Å². The lowest BCUT2D eigenvalue weighted by atomic mass is 9.74. The number of carbonyl (C=O) groups is 4. The first-order valence-electron chi connectivity index (χ1n) is 11.9. The third kappa shape index (κ3) is 3.16. The van der Waals surface area contributed by atoms with Crippen LogP contribution in [-0.2, 0) is 21.5 Å². The zero-order valence-electron chi connectivity index (χ0n) is 18.8. The lowest BCUT2D eigenvalue weighted by Gasteiger charge is -2.39. The van der Waals surface area contributed by atoms with Crippen LogP contribution in [0.2, 0.25) is 0 Å². The Morgan fingerprint density at radius 1 is 0.941 bits per heavy atom. The average molecular weight is 459 g/mol. The summed E-state index contributed by atoms with van der Waals surface area (Å²) in [6.45, 7) is 3.34. The summed E-state index contributed by atoms with van der Waals surface area (Å²) >= 11 is 0. The maximum atomic E-state index is 13.4. The van der Waals surface area contributed by atoms with Crippen LogP contribution >= 0.6 is 0 Å². The van der Waals surface area contributed by atoms with E-state index in [0.29, 0.717) is 17.7 Å². The standard InChI is InChI=1S/C26H26N4O4/c31-21-9-8-20(23(32)28-21)30-24(33)17-5-3-4-16(22(17)25(30)34)14-29-12-10-26(11-13-29)15-27-19-7-2-1-6-18(19)26/h1-7,20,27H,8-15H2,(H,28,31,32). The van der Waals surface area contributed by atoms with Crippen molar-refractivity contribution in [2.45, 2.75) is 43.7 Å². The van der Waals surface area contributed by atoms with Gasteiger partial charge in [-0.2, -0.15) is 0 Å². The molecule has 0 aliphatic carbocycles. The largest absolute Gasteiger partial charge is 0.384 e. The molecule has 174 valence electrons. The molecular weight excluding hydrogens is 432 g/mol. The zero-order valence-corrected chi connectivity index (χ0v) is 18.8. The van der Waals surface area contributed by atoms with Crippen molar-refractivity contribution in [3.8, 4) is 0 Å². The molecule has 0 bridgehead atoms. The Kier molecular flexibility index (Phi) is 4.81. The van der Waals surface area contributed by atoms with Crippen LogP contribution < -0.4 is 10.6 Å². The Morgan fingerprint density at radius 3 is 2.53 bits per heavy atom. The molecule has 34 heavy (non-hydrogen) atoms. The highest BCUT2D eigenvalue weighted by Gasteiger charge is 2.46. The summed E-state index contributed by atoms with van der Waals surface area (Å²) in [6, 6.07) is 12.9. The van der Waals surface area contributed by atoms with E-state index in [-0.39, 0.29) is 24.2 Å². The minimum absolute atomic E-state index is 0.115. The van der Waals surface area contributed by atoms with Crippen LogP contribution in [0.1, 0.15) is 57.5 Å². The normalized spacial score (nSPS) is 23.6. The first-order valence-corrected chi connectivity index (χ1v) is 11.9. The van der Waals surface area contributed by atoms with Crippen LogP contribution in [0.25, 0.3) is 0 Å². The molecule has 0 radical (unpaired) electrons. The SMILES string of the molecule is O=C1CCC(N2C(=O)c3cccc(CN4CCC5(CC4)CNc4ccccc45)c3C2=O)C(=O)N1. The molecule has 2 aromatic carbocycles. The summed E-state index contributed by atoms with van der Waals surface area (Å²) in [4.78, 5) is 53.7. The molecular formula is C26H26N4O4. The van der Waals surface area contributed by atoms with Crippen molar-refractivity contribution in [3.05, 3.63) is 64.7 Å². The summed E-state index contributed by atoms with van der Waals surface area (Å²) in [7, 11) is 0. The smallest absolute Gasteiger partial charge is 0.262 e. The molecule has 2 fully saturated rings. The molecule has 1 unspecified atom stereocenters. The van der Waals surface area contributed by atoms with Gasteiger partial charge in [-0.05, 0) is 55.6 Å². The number of fused-ring (bicyclic) bond motifs is 3. The van der Waals surface area contributed by atoms with Crippen molar-refractivity contribution >= 4 is 29.3 Å². The molecule has 1 atom stereocenters. The van der Waals surface area contributed by atoms with E-state index in [0.717, 1.165) is 42.9 Å². The molecule has 8 heteroatoms. The van der Waals surface area contributed by atoms with Crippen LogP contribution in [-0.4, -0.2) is 59.1 Å². The van der Waals surface area contributed by atoms with Gasteiger partial charge in [-0.3, -0.25) is 34.3 Å². The van der Waals surface area contributed by atoms with E-state index in [2.05, 4.69) is 39.8 Å². The van der Waals surface area contributed by atoms with Gasteiger partial charge in [-0.1, -0.05) is 30.3 Å². The highest BCUT2D eigenvalue weighted by molar-refractivity contribution is 6.24. The highest BCUT2D eigenvalue weighted by Crippen LogP contribution is 2.44. The number of amides is 4. The van der Waals surface area contributed by atoms with Crippen LogP contribution in [0.4, 0.5) is 5.69 Å². The predicted molar refractivity (Wildman–Crippen MR) is 124 cm³/mol. The minimum Gasteiger partial charge on any atom is -0.384 e. The Labute approximate surface area is 197 Å². The monoisotopic (exact) mass is 458 g/mol. The second-order valence-corrected chi connectivity index (χ2v) is 9.74. The number of nitrogens with one attached hydrogen (secondary N) is 2. The Balaban J connectivity index is 1.20. The molecule has 4 heterocycles. The van der Waals surface area contributed by atoms with Crippen molar-refractivity contribution in [2.24, 2.45) is 0 Å². The van der Waals surface area contributed by atoms with Crippen molar-refractivity contribution in [1.82, 2.24) is 15.1 Å². The fraction of sp³-hybridized carbons (Fsp3) is 0.385. The number of piperidine rings is 2. The zero-order chi connectivity index (χ0) is 23.4. The number of nitrogens with zero attached hydrogens (tertiary/aromatic N) is 2. The van der Waals surface area contributed by atoms with Gasteiger partial charge in [0, 0.05) is 30.6 Å². The first-order chi connectivity index (χ1) is 16.5.